The van der Waals surface area contributed by atoms with E-state index in [0.29, 0.717) is 23.6 Å². The Kier molecular flexibility index (Phi) is 6.29. The molecule has 1 aromatic carbocycles. The molecule has 160 valence electrons. The summed E-state index contributed by atoms with van der Waals surface area (Å²) < 4.78 is 6.88. The first-order chi connectivity index (χ1) is 15.1. The molecule has 0 saturated carbocycles. The highest BCUT2D eigenvalue weighted by Gasteiger charge is 2.40. The van der Waals surface area contributed by atoms with Crippen molar-refractivity contribution in [3.8, 4) is 5.69 Å². The molecular weight excluding hydrogens is 412 g/mol. The van der Waals surface area contributed by atoms with Gasteiger partial charge < -0.3 is 24.6 Å². The number of benzene rings is 1. The summed E-state index contributed by atoms with van der Waals surface area (Å²) in [6, 6.07) is 17.0. The van der Waals surface area contributed by atoms with Crippen LogP contribution in [0.2, 0.25) is 0 Å². The third kappa shape index (κ3) is 4.17. The number of carbonyl (C=O) groups excluding carboxylic acids is 1. The van der Waals surface area contributed by atoms with Crippen LogP contribution >= 0.6 is 12.2 Å². The molecule has 0 radical (unpaired) electrons. The second-order valence-electron chi connectivity index (χ2n) is 7.24. The fourth-order valence-corrected chi connectivity index (χ4v) is 4.29. The molecule has 1 saturated heterocycles. The van der Waals surface area contributed by atoms with E-state index < -0.39 is 0 Å². The monoisotopic (exact) mass is 436 g/mol. The van der Waals surface area contributed by atoms with Gasteiger partial charge in [0.25, 0.3) is 0 Å². The Labute approximate surface area is 186 Å². The van der Waals surface area contributed by atoms with Gasteiger partial charge in [-0.15, -0.1) is 0 Å². The molecule has 2 aromatic heterocycles. The number of rotatable bonds is 7. The Morgan fingerprint density at radius 2 is 2.00 bits per heavy atom. The second-order valence-corrected chi connectivity index (χ2v) is 7.63. The maximum Gasteiger partial charge on any atom is 0.337 e. The topological polar surface area (TPSA) is 79.6 Å². The predicted molar refractivity (Wildman–Crippen MR) is 121 cm³/mol. The van der Waals surface area contributed by atoms with Crippen molar-refractivity contribution < 1.29 is 14.6 Å². The van der Waals surface area contributed by atoms with Gasteiger partial charge in [0.2, 0.25) is 0 Å². The lowest BCUT2D eigenvalue weighted by Crippen LogP contribution is -2.31. The van der Waals surface area contributed by atoms with Crippen molar-refractivity contribution in [1.29, 1.82) is 0 Å². The van der Waals surface area contributed by atoms with E-state index in [9.17, 15) is 9.90 Å². The number of nitrogens with zero attached hydrogens (tertiary/aromatic N) is 3. The number of nitrogens with one attached hydrogen (secondary N) is 1. The highest BCUT2D eigenvalue weighted by Crippen LogP contribution is 2.39. The van der Waals surface area contributed by atoms with Gasteiger partial charge in [-0.1, -0.05) is 6.07 Å². The van der Waals surface area contributed by atoms with Gasteiger partial charge in [0.05, 0.1) is 30.5 Å². The van der Waals surface area contributed by atoms with Gasteiger partial charge in [0, 0.05) is 36.9 Å². The molecule has 31 heavy (non-hydrogen) atoms. The van der Waals surface area contributed by atoms with E-state index >= 15 is 0 Å². The number of aliphatic hydroxyl groups excluding tert-OH is 1. The highest BCUT2D eigenvalue weighted by atomic mass is 32.1. The van der Waals surface area contributed by atoms with Crippen LogP contribution < -0.4 is 5.32 Å². The predicted octanol–water partition coefficient (Wildman–Crippen LogP) is 3.01. The van der Waals surface area contributed by atoms with Gasteiger partial charge in [0.15, 0.2) is 5.11 Å². The van der Waals surface area contributed by atoms with Gasteiger partial charge in [-0.25, -0.2) is 4.79 Å². The van der Waals surface area contributed by atoms with Gasteiger partial charge in [-0.2, -0.15) is 0 Å². The molecule has 2 N–H and O–H groups in total. The Morgan fingerprint density at radius 3 is 2.68 bits per heavy atom. The SMILES string of the molecule is COC(=O)c1ccc(-n2cccc2[C@@H]2[C@H](c3ccccn3)NC(=S)N2CCCO)cc1. The number of carbonyl (C=O) groups is 1. The van der Waals surface area contributed by atoms with Crippen molar-refractivity contribution in [3.05, 3.63) is 83.9 Å². The van der Waals surface area contributed by atoms with Crippen LogP contribution in [0.3, 0.4) is 0 Å². The maximum atomic E-state index is 11.8. The third-order valence-corrected chi connectivity index (χ3v) is 5.76. The standard InChI is InChI=1S/C23H24N4O3S/c1-30-22(29)16-8-10-17(11-9-16)26-13-4-7-19(26)21-20(18-6-2-3-12-24-18)25-23(31)27(21)14-5-15-28/h2-4,6-13,20-21,28H,5,14-15H2,1H3,(H,25,31)/t20-,21+/m0/s1. The van der Waals surface area contributed by atoms with E-state index in [-0.39, 0.29) is 24.7 Å². The van der Waals surface area contributed by atoms with Crippen molar-refractivity contribution in [2.45, 2.75) is 18.5 Å². The molecule has 3 heterocycles. The molecule has 0 spiro atoms. The van der Waals surface area contributed by atoms with E-state index in [2.05, 4.69) is 25.8 Å². The van der Waals surface area contributed by atoms with Gasteiger partial charge in [0.1, 0.15) is 0 Å². The van der Waals surface area contributed by atoms with Crippen molar-refractivity contribution in [2.24, 2.45) is 0 Å². The van der Waals surface area contributed by atoms with Crippen LogP contribution in [0.15, 0.2) is 67.0 Å². The average Bonchev–Trinajstić information content (AvgIpc) is 3.42. The first kappa shape index (κ1) is 21.0. The molecule has 1 aliphatic rings. The van der Waals surface area contributed by atoms with E-state index in [1.807, 2.05) is 42.6 Å². The minimum atomic E-state index is -0.366. The number of hydrogen-bond acceptors (Lipinski definition) is 5. The molecule has 0 aliphatic carbocycles. The van der Waals surface area contributed by atoms with Crippen LogP contribution in [-0.4, -0.2) is 50.9 Å². The zero-order valence-corrected chi connectivity index (χ0v) is 18.0. The van der Waals surface area contributed by atoms with Crippen molar-refractivity contribution in [1.82, 2.24) is 19.8 Å². The lowest BCUT2D eigenvalue weighted by atomic mass is 10.0. The quantitative estimate of drug-likeness (QED) is 0.435. The Balaban J connectivity index is 1.74. The lowest BCUT2D eigenvalue weighted by Gasteiger charge is -2.28. The van der Waals surface area contributed by atoms with Crippen molar-refractivity contribution in [3.63, 3.8) is 0 Å². The van der Waals surface area contributed by atoms with Crippen LogP contribution in [-0.2, 0) is 4.74 Å². The Bertz CT molecular complexity index is 1050. The summed E-state index contributed by atoms with van der Waals surface area (Å²) >= 11 is 5.65. The second kappa shape index (κ2) is 9.28. The highest BCUT2D eigenvalue weighted by molar-refractivity contribution is 7.80. The molecule has 3 aromatic rings. The number of methoxy groups -OCH3 is 1. The lowest BCUT2D eigenvalue weighted by molar-refractivity contribution is 0.0600. The number of thiocarbonyl (C=S) groups is 1. The summed E-state index contributed by atoms with van der Waals surface area (Å²) in [6.45, 7) is 0.721. The number of esters is 1. The molecule has 1 aliphatic heterocycles. The summed E-state index contributed by atoms with van der Waals surface area (Å²) in [5.74, 6) is -0.366. The summed E-state index contributed by atoms with van der Waals surface area (Å²) in [6.07, 6.45) is 4.38. The van der Waals surface area contributed by atoms with Gasteiger partial charge in [-0.3, -0.25) is 4.98 Å². The van der Waals surface area contributed by atoms with E-state index in [1.54, 1.807) is 18.3 Å². The molecule has 0 bridgehead atoms. The normalized spacial score (nSPS) is 18.1. The molecular formula is C23H24N4O3S. The first-order valence-electron chi connectivity index (χ1n) is 10.1. The molecule has 0 unspecified atom stereocenters. The molecule has 2 atom stereocenters. The minimum absolute atomic E-state index is 0.0933. The average molecular weight is 437 g/mol. The molecule has 1 fully saturated rings. The summed E-state index contributed by atoms with van der Waals surface area (Å²) in [5.41, 5.74) is 3.36. The van der Waals surface area contributed by atoms with Crippen LogP contribution in [0.4, 0.5) is 0 Å². The fraction of sp³-hybridized carbons (Fsp3) is 0.261. The number of aliphatic hydroxyl groups is 1. The molecule has 7 nitrogen and oxygen atoms in total. The summed E-state index contributed by atoms with van der Waals surface area (Å²) in [5, 5.41) is 13.4. The fourth-order valence-electron chi connectivity index (χ4n) is 3.96. The molecule has 0 amide bonds. The molecule has 4 rings (SSSR count). The number of aromatic nitrogens is 2. The third-order valence-electron chi connectivity index (χ3n) is 5.40. The zero-order valence-electron chi connectivity index (χ0n) is 17.1. The van der Waals surface area contributed by atoms with Crippen molar-refractivity contribution >= 4 is 23.3 Å². The van der Waals surface area contributed by atoms with E-state index in [0.717, 1.165) is 17.1 Å². The minimum Gasteiger partial charge on any atom is -0.465 e. The first-order valence-corrected chi connectivity index (χ1v) is 10.5. The maximum absolute atomic E-state index is 11.8. The smallest absolute Gasteiger partial charge is 0.337 e. The summed E-state index contributed by atoms with van der Waals surface area (Å²) in [7, 11) is 1.37. The van der Waals surface area contributed by atoms with Crippen LogP contribution in [0.25, 0.3) is 5.69 Å². The molecule has 8 heteroatoms. The largest absolute Gasteiger partial charge is 0.465 e. The van der Waals surface area contributed by atoms with E-state index in [4.69, 9.17) is 17.0 Å². The Morgan fingerprint density at radius 1 is 1.19 bits per heavy atom. The summed E-state index contributed by atoms with van der Waals surface area (Å²) in [4.78, 5) is 18.4. The Hall–Kier alpha value is -3.23. The van der Waals surface area contributed by atoms with Crippen LogP contribution in [0, 0.1) is 0 Å². The van der Waals surface area contributed by atoms with Crippen molar-refractivity contribution in [2.75, 3.05) is 20.3 Å². The zero-order chi connectivity index (χ0) is 21.8. The number of pyridine rings is 1. The van der Waals surface area contributed by atoms with Gasteiger partial charge >= 0.3 is 5.97 Å². The van der Waals surface area contributed by atoms with Crippen LogP contribution in [0.5, 0.6) is 0 Å². The number of ether oxygens (including phenoxy) is 1. The van der Waals surface area contributed by atoms with Gasteiger partial charge in [-0.05, 0) is 67.2 Å². The van der Waals surface area contributed by atoms with Crippen LogP contribution in [0.1, 0.15) is 40.3 Å². The van der Waals surface area contributed by atoms with E-state index in [1.165, 1.54) is 7.11 Å². The number of hydrogen-bond donors (Lipinski definition) is 2.